The van der Waals surface area contributed by atoms with Crippen molar-refractivity contribution in [3.8, 4) is 17.0 Å². The number of benzene rings is 2. The van der Waals surface area contributed by atoms with Crippen molar-refractivity contribution in [2.45, 2.75) is 32.4 Å². The first-order valence-corrected chi connectivity index (χ1v) is 10.9. The molecule has 150 valence electrons. The van der Waals surface area contributed by atoms with Crippen LogP contribution in [0.2, 0.25) is 0 Å². The third kappa shape index (κ3) is 4.59. The van der Waals surface area contributed by atoms with E-state index in [0.29, 0.717) is 13.2 Å². The molecule has 0 spiro atoms. The molecular weight excluding hydrogens is 382 g/mol. The minimum Gasteiger partial charge on any atom is -0.494 e. The molecule has 1 aromatic heterocycles. The van der Waals surface area contributed by atoms with Gasteiger partial charge in [-0.05, 0) is 37.5 Å². The summed E-state index contributed by atoms with van der Waals surface area (Å²) in [4.78, 5) is 19.4. The Bertz CT molecular complexity index is 940. The van der Waals surface area contributed by atoms with Crippen LogP contribution in [0.15, 0.2) is 60.0 Å². The van der Waals surface area contributed by atoms with Crippen LogP contribution in [-0.2, 0) is 6.54 Å². The molecule has 6 heteroatoms. The highest BCUT2D eigenvalue weighted by Gasteiger charge is 2.29. The zero-order valence-corrected chi connectivity index (χ0v) is 17.3. The third-order valence-electron chi connectivity index (χ3n) is 5.10. The Hall–Kier alpha value is -2.86. The average Bonchev–Trinajstić information content (AvgIpc) is 3.43. The predicted molar refractivity (Wildman–Crippen MR) is 116 cm³/mol. The van der Waals surface area contributed by atoms with Crippen LogP contribution >= 0.6 is 11.3 Å². The summed E-state index contributed by atoms with van der Waals surface area (Å²) in [7, 11) is 0. The molecule has 0 radical (unpaired) electrons. The maximum Gasteiger partial charge on any atom is 0.318 e. The van der Waals surface area contributed by atoms with Gasteiger partial charge in [-0.15, -0.1) is 11.3 Å². The highest BCUT2D eigenvalue weighted by Crippen LogP contribution is 2.32. The SMILES string of the molecule is CCOc1ccc(C2CCCN2C(=O)NCc2nc(-c3ccccc3)cs2)cc1. The second-order valence-electron chi connectivity index (χ2n) is 7.00. The Morgan fingerprint density at radius 2 is 2.00 bits per heavy atom. The van der Waals surface area contributed by atoms with E-state index in [-0.39, 0.29) is 12.1 Å². The van der Waals surface area contributed by atoms with Crippen molar-refractivity contribution in [1.82, 2.24) is 15.2 Å². The topological polar surface area (TPSA) is 54.5 Å². The van der Waals surface area contributed by atoms with Gasteiger partial charge in [0, 0.05) is 17.5 Å². The maximum atomic E-state index is 12.8. The molecule has 4 rings (SSSR count). The van der Waals surface area contributed by atoms with Crippen LogP contribution in [0.4, 0.5) is 4.79 Å². The van der Waals surface area contributed by atoms with Gasteiger partial charge < -0.3 is 15.0 Å². The van der Waals surface area contributed by atoms with Gasteiger partial charge in [0.05, 0.1) is 24.9 Å². The molecule has 0 bridgehead atoms. The number of nitrogens with one attached hydrogen (secondary N) is 1. The number of nitrogens with zero attached hydrogens (tertiary/aromatic N) is 2. The summed E-state index contributed by atoms with van der Waals surface area (Å²) in [6.45, 7) is 3.85. The van der Waals surface area contributed by atoms with E-state index in [1.54, 1.807) is 11.3 Å². The molecule has 0 aliphatic carbocycles. The molecule has 5 nitrogen and oxygen atoms in total. The normalized spacial score (nSPS) is 16.0. The number of urea groups is 1. The zero-order valence-electron chi connectivity index (χ0n) is 16.5. The van der Waals surface area contributed by atoms with Crippen molar-refractivity contribution >= 4 is 17.4 Å². The first-order chi connectivity index (χ1) is 14.2. The van der Waals surface area contributed by atoms with E-state index < -0.39 is 0 Å². The van der Waals surface area contributed by atoms with Gasteiger partial charge in [0.2, 0.25) is 0 Å². The summed E-state index contributed by atoms with van der Waals surface area (Å²) in [5, 5.41) is 6.00. The van der Waals surface area contributed by atoms with Crippen LogP contribution in [0.5, 0.6) is 5.75 Å². The van der Waals surface area contributed by atoms with Crippen LogP contribution in [0.25, 0.3) is 11.3 Å². The van der Waals surface area contributed by atoms with Gasteiger partial charge >= 0.3 is 6.03 Å². The summed E-state index contributed by atoms with van der Waals surface area (Å²) in [6.07, 6.45) is 2.00. The molecule has 1 unspecified atom stereocenters. The summed E-state index contributed by atoms with van der Waals surface area (Å²) in [6, 6.07) is 18.3. The molecule has 1 saturated heterocycles. The van der Waals surface area contributed by atoms with E-state index in [2.05, 4.69) is 22.4 Å². The second-order valence-corrected chi connectivity index (χ2v) is 7.95. The fourth-order valence-corrected chi connectivity index (χ4v) is 4.44. The van der Waals surface area contributed by atoms with Crippen molar-refractivity contribution in [2.75, 3.05) is 13.2 Å². The molecule has 2 aromatic carbocycles. The molecule has 3 aromatic rings. The summed E-state index contributed by atoms with van der Waals surface area (Å²) < 4.78 is 5.52. The number of thiazole rings is 1. The Balaban J connectivity index is 1.37. The summed E-state index contributed by atoms with van der Waals surface area (Å²) >= 11 is 1.57. The van der Waals surface area contributed by atoms with Crippen LogP contribution in [0.1, 0.15) is 36.4 Å². The van der Waals surface area contributed by atoms with Crippen molar-refractivity contribution in [2.24, 2.45) is 0 Å². The lowest BCUT2D eigenvalue weighted by Gasteiger charge is -2.25. The smallest absolute Gasteiger partial charge is 0.318 e. The molecule has 1 aliphatic heterocycles. The van der Waals surface area contributed by atoms with Crippen LogP contribution in [0.3, 0.4) is 0 Å². The number of ether oxygens (including phenoxy) is 1. The van der Waals surface area contributed by atoms with Crippen molar-refractivity contribution in [1.29, 1.82) is 0 Å². The molecule has 1 fully saturated rings. The van der Waals surface area contributed by atoms with Gasteiger partial charge in [0.15, 0.2) is 0 Å². The molecule has 0 saturated carbocycles. The fraction of sp³-hybridized carbons (Fsp3) is 0.304. The quantitative estimate of drug-likeness (QED) is 0.607. The van der Waals surface area contributed by atoms with E-state index in [4.69, 9.17) is 4.74 Å². The van der Waals surface area contributed by atoms with Crippen LogP contribution in [-0.4, -0.2) is 29.1 Å². The van der Waals surface area contributed by atoms with Crippen molar-refractivity contribution in [3.63, 3.8) is 0 Å². The van der Waals surface area contributed by atoms with E-state index in [1.807, 2.05) is 59.7 Å². The highest BCUT2D eigenvalue weighted by atomic mass is 32.1. The number of likely N-dealkylation sites (tertiary alicyclic amines) is 1. The molecule has 1 aliphatic rings. The zero-order chi connectivity index (χ0) is 20.1. The molecule has 1 N–H and O–H groups in total. The third-order valence-corrected chi connectivity index (χ3v) is 5.95. The number of hydrogen-bond acceptors (Lipinski definition) is 4. The Morgan fingerprint density at radius 1 is 1.21 bits per heavy atom. The summed E-state index contributed by atoms with van der Waals surface area (Å²) in [5.41, 5.74) is 3.20. The lowest BCUT2D eigenvalue weighted by atomic mass is 10.0. The first-order valence-electron chi connectivity index (χ1n) is 10.0. The number of hydrogen-bond donors (Lipinski definition) is 1. The lowest BCUT2D eigenvalue weighted by molar-refractivity contribution is 0.192. The number of carbonyl (C=O) groups excluding carboxylic acids is 1. The number of rotatable bonds is 6. The predicted octanol–water partition coefficient (Wildman–Crippen LogP) is 5.26. The largest absolute Gasteiger partial charge is 0.494 e. The maximum absolute atomic E-state index is 12.8. The number of amides is 2. The van der Waals surface area contributed by atoms with Crippen LogP contribution in [0, 0.1) is 0 Å². The molecule has 2 amide bonds. The first kappa shape index (κ1) is 19.5. The monoisotopic (exact) mass is 407 g/mol. The van der Waals surface area contributed by atoms with Gasteiger partial charge in [0.25, 0.3) is 0 Å². The average molecular weight is 408 g/mol. The van der Waals surface area contributed by atoms with E-state index in [0.717, 1.165) is 47.0 Å². The Morgan fingerprint density at radius 3 is 2.76 bits per heavy atom. The second kappa shape index (κ2) is 9.09. The van der Waals surface area contributed by atoms with E-state index in [1.165, 1.54) is 0 Å². The van der Waals surface area contributed by atoms with Gasteiger partial charge in [-0.3, -0.25) is 0 Å². The van der Waals surface area contributed by atoms with Gasteiger partial charge in [0.1, 0.15) is 10.8 Å². The van der Waals surface area contributed by atoms with E-state index in [9.17, 15) is 4.79 Å². The van der Waals surface area contributed by atoms with Crippen LogP contribution < -0.4 is 10.1 Å². The van der Waals surface area contributed by atoms with Crippen molar-refractivity contribution < 1.29 is 9.53 Å². The Labute approximate surface area is 175 Å². The fourth-order valence-electron chi connectivity index (χ4n) is 3.70. The van der Waals surface area contributed by atoms with Gasteiger partial charge in [-0.25, -0.2) is 9.78 Å². The van der Waals surface area contributed by atoms with E-state index >= 15 is 0 Å². The standard InChI is InChI=1S/C23H25N3O2S/c1-2-28-19-12-10-18(11-13-19)21-9-6-14-26(21)23(27)24-15-22-25-20(16-29-22)17-7-4-3-5-8-17/h3-5,7-8,10-13,16,21H,2,6,9,14-15H2,1H3,(H,24,27). The lowest BCUT2D eigenvalue weighted by Crippen LogP contribution is -2.39. The Kier molecular flexibility index (Phi) is 6.10. The van der Waals surface area contributed by atoms with Gasteiger partial charge in [-0.2, -0.15) is 0 Å². The van der Waals surface area contributed by atoms with Crippen molar-refractivity contribution in [3.05, 3.63) is 70.5 Å². The molecule has 2 heterocycles. The minimum atomic E-state index is -0.0298. The van der Waals surface area contributed by atoms with Gasteiger partial charge in [-0.1, -0.05) is 42.5 Å². The summed E-state index contributed by atoms with van der Waals surface area (Å²) in [5.74, 6) is 0.864. The molecule has 1 atom stereocenters. The number of aromatic nitrogens is 1. The molecular formula is C23H25N3O2S. The minimum absolute atomic E-state index is 0.0298. The highest BCUT2D eigenvalue weighted by molar-refractivity contribution is 7.09. The number of carbonyl (C=O) groups is 1. The molecule has 29 heavy (non-hydrogen) atoms.